The van der Waals surface area contributed by atoms with Crippen molar-refractivity contribution in [2.24, 2.45) is 5.92 Å². The molecule has 1 heterocycles. The molecule has 134 valence electrons. The molecule has 1 aliphatic carbocycles. The molecule has 1 N–H and O–H groups in total. The van der Waals surface area contributed by atoms with Gasteiger partial charge in [0.25, 0.3) is 5.91 Å². The molecule has 6 heteroatoms. The summed E-state index contributed by atoms with van der Waals surface area (Å²) < 4.78 is 5.19. The number of nitrogens with zero attached hydrogens (tertiary/aromatic N) is 1. The first-order valence-corrected chi connectivity index (χ1v) is 8.86. The van der Waals surface area contributed by atoms with Gasteiger partial charge in [-0.1, -0.05) is 50.1 Å². The van der Waals surface area contributed by atoms with E-state index in [1.54, 1.807) is 0 Å². The Balaban J connectivity index is 1.54. The largest absolute Gasteiger partial charge is 0.464 e. The third kappa shape index (κ3) is 3.52. The zero-order chi connectivity index (χ0) is 17.9. The fourth-order valence-corrected chi connectivity index (χ4v) is 3.74. The summed E-state index contributed by atoms with van der Waals surface area (Å²) in [6.45, 7) is 1.89. The Hall–Kier alpha value is -2.37. The summed E-state index contributed by atoms with van der Waals surface area (Å²) in [6.07, 6.45) is 4.12. The van der Waals surface area contributed by atoms with E-state index in [1.807, 2.05) is 37.3 Å². The van der Waals surface area contributed by atoms with Crippen molar-refractivity contribution >= 4 is 17.9 Å². The van der Waals surface area contributed by atoms with Crippen LogP contribution in [-0.2, 0) is 20.7 Å². The van der Waals surface area contributed by atoms with Crippen molar-refractivity contribution in [2.75, 3.05) is 13.2 Å². The van der Waals surface area contributed by atoms with Crippen LogP contribution in [0.4, 0.5) is 4.79 Å². The van der Waals surface area contributed by atoms with Crippen LogP contribution in [-0.4, -0.2) is 41.5 Å². The van der Waals surface area contributed by atoms with E-state index in [9.17, 15) is 14.4 Å². The zero-order valence-corrected chi connectivity index (χ0v) is 14.5. The minimum atomic E-state index is -0.834. The van der Waals surface area contributed by atoms with Gasteiger partial charge in [-0.25, -0.2) is 4.79 Å². The van der Waals surface area contributed by atoms with E-state index in [2.05, 4.69) is 5.32 Å². The van der Waals surface area contributed by atoms with Gasteiger partial charge in [0, 0.05) is 6.42 Å². The number of imide groups is 1. The van der Waals surface area contributed by atoms with Gasteiger partial charge in [-0.15, -0.1) is 0 Å². The van der Waals surface area contributed by atoms with Crippen molar-refractivity contribution < 1.29 is 19.1 Å². The number of esters is 1. The quantitative estimate of drug-likeness (QED) is 0.657. The Bertz CT molecular complexity index is 661. The Labute approximate surface area is 147 Å². The van der Waals surface area contributed by atoms with E-state index in [4.69, 9.17) is 4.74 Å². The van der Waals surface area contributed by atoms with Crippen LogP contribution < -0.4 is 5.32 Å². The van der Waals surface area contributed by atoms with Crippen molar-refractivity contribution in [3.05, 3.63) is 35.9 Å². The van der Waals surface area contributed by atoms with Gasteiger partial charge < -0.3 is 10.1 Å². The van der Waals surface area contributed by atoms with E-state index >= 15 is 0 Å². The molecule has 6 nitrogen and oxygen atoms in total. The van der Waals surface area contributed by atoms with Gasteiger partial charge in [0.05, 0.1) is 6.61 Å². The molecule has 0 aromatic heterocycles. The summed E-state index contributed by atoms with van der Waals surface area (Å²) in [5, 5.41) is 2.84. The van der Waals surface area contributed by atoms with E-state index < -0.39 is 17.5 Å². The molecule has 1 spiro atoms. The predicted octanol–water partition coefficient (Wildman–Crippen LogP) is 2.27. The maximum atomic E-state index is 12.8. The molecule has 1 saturated carbocycles. The molecule has 2 atom stereocenters. The average Bonchev–Trinajstić information content (AvgIpc) is 2.84. The number of carbonyl (C=O) groups is 3. The predicted molar refractivity (Wildman–Crippen MR) is 91.7 cm³/mol. The Morgan fingerprint density at radius 2 is 2.04 bits per heavy atom. The number of carbonyl (C=O) groups excluding carboxylic acids is 3. The zero-order valence-electron chi connectivity index (χ0n) is 14.5. The smallest absolute Gasteiger partial charge is 0.326 e. The van der Waals surface area contributed by atoms with Gasteiger partial charge in [0.1, 0.15) is 12.1 Å². The van der Waals surface area contributed by atoms with E-state index in [1.165, 1.54) is 0 Å². The molecule has 1 aliphatic heterocycles. The third-order valence-corrected chi connectivity index (χ3v) is 5.29. The van der Waals surface area contributed by atoms with E-state index in [-0.39, 0.29) is 25.0 Å². The summed E-state index contributed by atoms with van der Waals surface area (Å²) in [5.41, 5.74) is 0.236. The van der Waals surface area contributed by atoms with E-state index in [0.717, 1.165) is 29.7 Å². The van der Waals surface area contributed by atoms with Crippen molar-refractivity contribution in [1.29, 1.82) is 0 Å². The molecule has 0 bridgehead atoms. The van der Waals surface area contributed by atoms with Crippen LogP contribution >= 0.6 is 0 Å². The molecule has 1 aromatic rings. The minimum absolute atomic E-state index is 0.0804. The first-order valence-electron chi connectivity index (χ1n) is 8.86. The van der Waals surface area contributed by atoms with Crippen LogP contribution in [0.25, 0.3) is 0 Å². The Morgan fingerprint density at radius 3 is 2.76 bits per heavy atom. The van der Waals surface area contributed by atoms with Crippen LogP contribution in [0.1, 0.15) is 38.2 Å². The lowest BCUT2D eigenvalue weighted by Crippen LogP contribution is -2.54. The summed E-state index contributed by atoms with van der Waals surface area (Å²) in [7, 11) is 0. The average molecular weight is 344 g/mol. The number of rotatable bonds is 5. The van der Waals surface area contributed by atoms with Gasteiger partial charge >= 0.3 is 12.0 Å². The highest BCUT2D eigenvalue weighted by atomic mass is 16.5. The second kappa shape index (κ2) is 7.25. The fourth-order valence-electron chi connectivity index (χ4n) is 3.74. The summed E-state index contributed by atoms with van der Waals surface area (Å²) >= 11 is 0. The summed E-state index contributed by atoms with van der Waals surface area (Å²) in [5.74, 6) is -0.763. The molecular formula is C19H24N2O4. The Kier molecular flexibility index (Phi) is 5.06. The maximum absolute atomic E-state index is 12.8. The number of amides is 3. The fraction of sp³-hybridized carbons (Fsp3) is 0.526. The standard InChI is InChI=1S/C19H24N2O4/c1-14-7-5-6-11-19(14)17(23)21(18(24)20-19)13-16(22)25-12-10-15-8-3-2-4-9-15/h2-4,8-9,14H,5-7,10-13H2,1H3,(H,20,24). The molecule has 25 heavy (non-hydrogen) atoms. The second-order valence-electron chi connectivity index (χ2n) is 6.90. The maximum Gasteiger partial charge on any atom is 0.326 e. The number of urea groups is 1. The van der Waals surface area contributed by atoms with Crippen LogP contribution in [0.5, 0.6) is 0 Å². The number of benzene rings is 1. The molecule has 2 fully saturated rings. The summed E-state index contributed by atoms with van der Waals surface area (Å²) in [4.78, 5) is 38.0. The lowest BCUT2D eigenvalue weighted by Gasteiger charge is -2.36. The highest BCUT2D eigenvalue weighted by Crippen LogP contribution is 2.38. The first kappa shape index (κ1) is 17.5. The molecule has 3 amide bonds. The second-order valence-corrected chi connectivity index (χ2v) is 6.90. The third-order valence-electron chi connectivity index (χ3n) is 5.29. The SMILES string of the molecule is CC1CCCCC12NC(=O)N(CC(=O)OCCc1ccccc1)C2=O. The number of nitrogens with one attached hydrogen (secondary N) is 1. The van der Waals surface area contributed by atoms with Crippen LogP contribution in [0, 0.1) is 5.92 Å². The minimum Gasteiger partial charge on any atom is -0.464 e. The lowest BCUT2D eigenvalue weighted by molar-refractivity contribution is -0.148. The summed E-state index contributed by atoms with van der Waals surface area (Å²) in [6, 6.07) is 9.21. The molecule has 0 radical (unpaired) electrons. The van der Waals surface area contributed by atoms with Crippen molar-refractivity contribution in [1.82, 2.24) is 10.2 Å². The van der Waals surface area contributed by atoms with Crippen molar-refractivity contribution in [2.45, 2.75) is 44.6 Å². The van der Waals surface area contributed by atoms with Gasteiger partial charge in [0.15, 0.2) is 0 Å². The molecule has 1 aromatic carbocycles. The normalized spacial score (nSPS) is 26.0. The van der Waals surface area contributed by atoms with Crippen LogP contribution in [0.3, 0.4) is 0 Å². The Morgan fingerprint density at radius 1 is 1.28 bits per heavy atom. The number of hydrogen-bond donors (Lipinski definition) is 1. The van der Waals surface area contributed by atoms with Gasteiger partial charge in [0.2, 0.25) is 0 Å². The monoisotopic (exact) mass is 344 g/mol. The number of hydrogen-bond acceptors (Lipinski definition) is 4. The lowest BCUT2D eigenvalue weighted by atomic mass is 9.73. The van der Waals surface area contributed by atoms with Crippen LogP contribution in [0.2, 0.25) is 0 Å². The molecule has 3 rings (SSSR count). The van der Waals surface area contributed by atoms with Crippen molar-refractivity contribution in [3.8, 4) is 0 Å². The molecule has 2 unspecified atom stereocenters. The van der Waals surface area contributed by atoms with Crippen molar-refractivity contribution in [3.63, 3.8) is 0 Å². The molecular weight excluding hydrogens is 320 g/mol. The van der Waals surface area contributed by atoms with Gasteiger partial charge in [-0.2, -0.15) is 0 Å². The molecule has 1 saturated heterocycles. The van der Waals surface area contributed by atoms with Gasteiger partial charge in [-0.05, 0) is 24.3 Å². The van der Waals surface area contributed by atoms with Crippen LogP contribution in [0.15, 0.2) is 30.3 Å². The highest BCUT2D eigenvalue weighted by Gasteiger charge is 2.55. The van der Waals surface area contributed by atoms with Gasteiger partial charge in [-0.3, -0.25) is 14.5 Å². The first-order chi connectivity index (χ1) is 12.0. The number of ether oxygens (including phenoxy) is 1. The molecule has 2 aliphatic rings. The highest BCUT2D eigenvalue weighted by molar-refractivity contribution is 6.08. The van der Waals surface area contributed by atoms with E-state index in [0.29, 0.717) is 12.8 Å². The topological polar surface area (TPSA) is 75.7 Å².